The Balaban J connectivity index is 1.78. The van der Waals surface area contributed by atoms with Crippen molar-refractivity contribution in [3.05, 3.63) is 48.2 Å². The average Bonchev–Trinajstić information content (AvgIpc) is 3.43. The van der Waals surface area contributed by atoms with E-state index in [2.05, 4.69) is 26.3 Å². The molecule has 0 spiro atoms. The van der Waals surface area contributed by atoms with Crippen molar-refractivity contribution >= 4 is 33.5 Å². The number of nitrogens with one attached hydrogen (secondary N) is 4. The minimum atomic E-state index is -3.72. The van der Waals surface area contributed by atoms with Crippen LogP contribution in [0.1, 0.15) is 75.3 Å². The van der Waals surface area contributed by atoms with Crippen LogP contribution in [-0.4, -0.2) is 72.6 Å². The van der Waals surface area contributed by atoms with Gasteiger partial charge in [0.25, 0.3) is 5.91 Å². The lowest BCUT2D eigenvalue weighted by atomic mass is 10.0. The van der Waals surface area contributed by atoms with Gasteiger partial charge in [-0.15, -0.1) is 0 Å². The summed E-state index contributed by atoms with van der Waals surface area (Å²) in [6.07, 6.45) is 0.911. The van der Waals surface area contributed by atoms with Crippen molar-refractivity contribution in [2.75, 3.05) is 12.3 Å². The smallest absolute Gasteiger partial charge is 0.273 e. The average molecular weight is 606 g/mol. The third-order valence-electron chi connectivity index (χ3n) is 6.70. The lowest BCUT2D eigenvalue weighted by Gasteiger charge is -2.27. The zero-order valence-electron chi connectivity index (χ0n) is 24.0. The van der Waals surface area contributed by atoms with E-state index in [9.17, 15) is 32.7 Å². The summed E-state index contributed by atoms with van der Waals surface area (Å²) in [6, 6.07) is 4.49. The third-order valence-corrected chi connectivity index (χ3v) is 8.43. The first kappa shape index (κ1) is 32.7. The Morgan fingerprint density at radius 2 is 1.81 bits per heavy atom. The number of hydrogen-bond donors (Lipinski definition) is 5. The first-order chi connectivity index (χ1) is 19.9. The SMILES string of the molecule is CC(C)C[C@@H]1NC(=O)[C@H]([C@@H](C)O)NC(=O)[C@@H](NC(=O)CCS(=O)(=O)c2ccccc2)CCCCNC(=O)c2coc1n2. The normalized spacial score (nSPS) is 21.6. The Kier molecular flexibility index (Phi) is 11.6. The predicted octanol–water partition coefficient (Wildman–Crippen LogP) is 1.01. The highest BCUT2D eigenvalue weighted by Gasteiger charge is 2.33. The van der Waals surface area contributed by atoms with Crippen molar-refractivity contribution in [3.63, 3.8) is 0 Å². The van der Waals surface area contributed by atoms with Gasteiger partial charge < -0.3 is 30.8 Å². The molecular weight excluding hydrogens is 566 g/mol. The van der Waals surface area contributed by atoms with Crippen LogP contribution in [0, 0.1) is 5.92 Å². The van der Waals surface area contributed by atoms with Crippen molar-refractivity contribution in [1.29, 1.82) is 0 Å². The molecule has 0 unspecified atom stereocenters. The molecule has 2 aromatic rings. The molecule has 1 aliphatic rings. The van der Waals surface area contributed by atoms with Crippen LogP contribution in [0.25, 0.3) is 0 Å². The monoisotopic (exact) mass is 605 g/mol. The van der Waals surface area contributed by atoms with Gasteiger partial charge in [0.05, 0.1) is 16.8 Å². The van der Waals surface area contributed by atoms with E-state index in [4.69, 9.17) is 4.42 Å². The van der Waals surface area contributed by atoms with E-state index in [1.54, 1.807) is 18.2 Å². The minimum Gasteiger partial charge on any atom is -0.446 e. The van der Waals surface area contributed by atoms with Crippen LogP contribution in [0.2, 0.25) is 0 Å². The summed E-state index contributed by atoms with van der Waals surface area (Å²) in [5, 5.41) is 21.0. The zero-order chi connectivity index (χ0) is 30.9. The maximum Gasteiger partial charge on any atom is 0.273 e. The minimum absolute atomic E-state index is 0.0519. The van der Waals surface area contributed by atoms with Crippen LogP contribution in [0.3, 0.4) is 0 Å². The predicted molar refractivity (Wildman–Crippen MR) is 152 cm³/mol. The fourth-order valence-electron chi connectivity index (χ4n) is 4.44. The van der Waals surface area contributed by atoms with Crippen molar-refractivity contribution in [2.24, 2.45) is 5.92 Å². The molecule has 0 saturated carbocycles. The summed E-state index contributed by atoms with van der Waals surface area (Å²) in [5.74, 6) is -2.80. The topological polar surface area (TPSA) is 197 Å². The van der Waals surface area contributed by atoms with Crippen LogP contribution in [0.5, 0.6) is 0 Å². The summed E-state index contributed by atoms with van der Waals surface area (Å²) < 4.78 is 30.7. The van der Waals surface area contributed by atoms with Gasteiger partial charge in [0.2, 0.25) is 23.6 Å². The van der Waals surface area contributed by atoms with E-state index in [0.717, 1.165) is 0 Å². The molecule has 42 heavy (non-hydrogen) atoms. The van der Waals surface area contributed by atoms with Crippen LogP contribution in [0.15, 0.2) is 45.9 Å². The molecule has 4 amide bonds. The molecule has 2 bridgehead atoms. The molecule has 14 heteroatoms. The van der Waals surface area contributed by atoms with Crippen LogP contribution >= 0.6 is 0 Å². The van der Waals surface area contributed by atoms with Gasteiger partial charge in [0, 0.05) is 13.0 Å². The molecule has 1 aliphatic heterocycles. The molecule has 230 valence electrons. The van der Waals surface area contributed by atoms with Gasteiger partial charge in [-0.25, -0.2) is 13.4 Å². The molecule has 3 rings (SSSR count). The quantitative estimate of drug-likeness (QED) is 0.292. The zero-order valence-corrected chi connectivity index (χ0v) is 24.8. The van der Waals surface area contributed by atoms with E-state index >= 15 is 0 Å². The number of carbonyl (C=O) groups is 4. The lowest BCUT2D eigenvalue weighted by molar-refractivity contribution is -0.134. The molecule has 2 heterocycles. The van der Waals surface area contributed by atoms with E-state index in [-0.39, 0.29) is 41.8 Å². The van der Waals surface area contributed by atoms with E-state index in [0.29, 0.717) is 19.3 Å². The number of aliphatic hydroxyl groups is 1. The summed E-state index contributed by atoms with van der Waals surface area (Å²) in [6.45, 7) is 5.46. The lowest BCUT2D eigenvalue weighted by Crippen LogP contribution is -2.57. The Morgan fingerprint density at radius 3 is 2.48 bits per heavy atom. The fraction of sp³-hybridized carbons (Fsp3) is 0.536. The molecule has 0 radical (unpaired) electrons. The van der Waals surface area contributed by atoms with Crippen LogP contribution in [-0.2, 0) is 24.2 Å². The first-order valence-electron chi connectivity index (χ1n) is 14.0. The van der Waals surface area contributed by atoms with Crippen molar-refractivity contribution < 1.29 is 37.1 Å². The van der Waals surface area contributed by atoms with E-state index in [1.807, 2.05) is 13.8 Å². The number of aromatic nitrogens is 1. The first-order valence-corrected chi connectivity index (χ1v) is 15.6. The maximum absolute atomic E-state index is 13.3. The third kappa shape index (κ3) is 9.38. The second-order valence-electron chi connectivity index (χ2n) is 10.7. The number of nitrogens with zero attached hydrogens (tertiary/aromatic N) is 1. The Morgan fingerprint density at radius 1 is 1.10 bits per heavy atom. The highest BCUT2D eigenvalue weighted by molar-refractivity contribution is 7.91. The molecule has 5 N–H and O–H groups in total. The number of benzene rings is 1. The fourth-order valence-corrected chi connectivity index (χ4v) is 5.70. The molecule has 4 atom stereocenters. The molecule has 13 nitrogen and oxygen atoms in total. The number of sulfone groups is 1. The van der Waals surface area contributed by atoms with Crippen molar-refractivity contribution in [1.82, 2.24) is 26.3 Å². The van der Waals surface area contributed by atoms with Gasteiger partial charge >= 0.3 is 0 Å². The van der Waals surface area contributed by atoms with Gasteiger partial charge in [-0.1, -0.05) is 32.0 Å². The summed E-state index contributed by atoms with van der Waals surface area (Å²) in [4.78, 5) is 56.2. The number of aliphatic hydroxyl groups excluding tert-OH is 1. The Bertz CT molecular complexity index is 1340. The molecule has 0 saturated heterocycles. The second-order valence-corrected chi connectivity index (χ2v) is 12.9. The number of oxazole rings is 1. The summed E-state index contributed by atoms with van der Waals surface area (Å²) >= 11 is 0. The van der Waals surface area contributed by atoms with Gasteiger partial charge in [0.15, 0.2) is 15.5 Å². The molecular formula is C28H39N5O8S. The van der Waals surface area contributed by atoms with Gasteiger partial charge in [-0.2, -0.15) is 0 Å². The van der Waals surface area contributed by atoms with E-state index in [1.165, 1.54) is 25.3 Å². The highest BCUT2D eigenvalue weighted by Crippen LogP contribution is 2.22. The number of carbonyl (C=O) groups excluding carboxylic acids is 4. The van der Waals surface area contributed by atoms with Gasteiger partial charge in [-0.05, 0) is 50.7 Å². The second kappa shape index (κ2) is 14.9. The number of fused-ring (bicyclic) bond motifs is 2. The van der Waals surface area contributed by atoms with Crippen molar-refractivity contribution in [3.8, 4) is 0 Å². The van der Waals surface area contributed by atoms with Crippen molar-refractivity contribution in [2.45, 2.75) is 82.0 Å². The van der Waals surface area contributed by atoms with Crippen LogP contribution in [0.4, 0.5) is 0 Å². The molecule has 1 aromatic carbocycles. The number of rotatable bonds is 8. The largest absolute Gasteiger partial charge is 0.446 e. The Hall–Kier alpha value is -3.78. The Labute approximate surface area is 245 Å². The molecule has 0 aliphatic carbocycles. The maximum atomic E-state index is 13.3. The van der Waals surface area contributed by atoms with E-state index < -0.39 is 63.4 Å². The number of hydrogen-bond acceptors (Lipinski definition) is 9. The van der Waals surface area contributed by atoms with Gasteiger partial charge in [0.1, 0.15) is 24.4 Å². The standard InChI is InChI=1S/C28H39N5O8S/c1-17(2)15-21-28-32-22(16-41-28)25(36)29-13-8-7-11-20(26(37)33-24(18(3)34)27(38)31-21)30-23(35)12-14-42(39,40)19-9-5-4-6-10-19/h4-6,9-10,16-18,20-21,24,34H,7-8,11-15H2,1-3H3,(H,29,36)(H,30,35)(H,31,38)(H,33,37)/t18-,20+,21+,24+/m1/s1. The summed E-state index contributed by atoms with van der Waals surface area (Å²) in [7, 11) is -3.72. The number of amides is 4. The van der Waals surface area contributed by atoms with Gasteiger partial charge in [-0.3, -0.25) is 19.2 Å². The molecule has 1 aromatic heterocycles. The molecule has 0 fully saturated rings. The summed E-state index contributed by atoms with van der Waals surface area (Å²) in [5.41, 5.74) is 0.0519. The van der Waals surface area contributed by atoms with Crippen LogP contribution < -0.4 is 21.3 Å². The highest BCUT2D eigenvalue weighted by atomic mass is 32.2.